The highest BCUT2D eigenvalue weighted by Crippen LogP contribution is 2.33. The number of amides is 1. The SMILES string of the molecule is Cc1nc(-c2cc(S(=O)(=O)Nc3ccc(C#N)cc3)c(C)n2C)sc1C(=O)N1CCCC1. The molecule has 3 heterocycles. The van der Waals surface area contributed by atoms with Crippen LogP contribution in [0.1, 0.15) is 39.5 Å². The Balaban J connectivity index is 1.66. The third-order valence-corrected chi connectivity index (χ3v) is 8.31. The molecule has 1 fully saturated rings. The zero-order valence-corrected chi connectivity index (χ0v) is 19.7. The van der Waals surface area contributed by atoms with Crippen LogP contribution in [0.25, 0.3) is 10.7 Å². The summed E-state index contributed by atoms with van der Waals surface area (Å²) in [5, 5.41) is 9.52. The van der Waals surface area contributed by atoms with Crippen molar-refractivity contribution in [1.29, 1.82) is 5.26 Å². The van der Waals surface area contributed by atoms with Gasteiger partial charge in [-0.25, -0.2) is 13.4 Å². The van der Waals surface area contributed by atoms with Crippen LogP contribution in [0.4, 0.5) is 5.69 Å². The van der Waals surface area contributed by atoms with Gasteiger partial charge in [0.25, 0.3) is 15.9 Å². The van der Waals surface area contributed by atoms with E-state index in [9.17, 15) is 13.2 Å². The number of rotatable bonds is 5. The lowest BCUT2D eigenvalue weighted by molar-refractivity contribution is 0.0796. The molecule has 3 aromatic rings. The lowest BCUT2D eigenvalue weighted by Gasteiger charge is -2.13. The first-order valence-electron chi connectivity index (χ1n) is 10.2. The molecule has 1 aliphatic heterocycles. The van der Waals surface area contributed by atoms with E-state index in [1.807, 2.05) is 17.9 Å². The largest absolute Gasteiger partial charge is 0.345 e. The molecule has 1 N–H and O–H groups in total. The van der Waals surface area contributed by atoms with E-state index in [4.69, 9.17) is 5.26 Å². The van der Waals surface area contributed by atoms with Gasteiger partial charge in [-0.2, -0.15) is 5.26 Å². The highest BCUT2D eigenvalue weighted by molar-refractivity contribution is 7.92. The molecule has 0 aliphatic carbocycles. The Labute approximate surface area is 191 Å². The summed E-state index contributed by atoms with van der Waals surface area (Å²) >= 11 is 1.29. The van der Waals surface area contributed by atoms with Crippen LogP contribution < -0.4 is 4.72 Å². The van der Waals surface area contributed by atoms with Crippen molar-refractivity contribution >= 4 is 33.0 Å². The van der Waals surface area contributed by atoms with E-state index in [1.54, 1.807) is 48.9 Å². The minimum absolute atomic E-state index is 0.00925. The van der Waals surface area contributed by atoms with Crippen molar-refractivity contribution in [2.45, 2.75) is 31.6 Å². The highest BCUT2D eigenvalue weighted by Gasteiger charge is 2.27. The maximum absolute atomic E-state index is 13.1. The van der Waals surface area contributed by atoms with E-state index in [0.29, 0.717) is 38.2 Å². The van der Waals surface area contributed by atoms with E-state index in [2.05, 4.69) is 9.71 Å². The number of aryl methyl sites for hydroxylation is 1. The molecule has 1 amide bonds. The molecule has 166 valence electrons. The van der Waals surface area contributed by atoms with Crippen molar-refractivity contribution in [2.24, 2.45) is 7.05 Å². The van der Waals surface area contributed by atoms with Gasteiger partial charge in [-0.05, 0) is 57.0 Å². The van der Waals surface area contributed by atoms with Crippen molar-refractivity contribution in [3.63, 3.8) is 0 Å². The van der Waals surface area contributed by atoms with Crippen LogP contribution in [0.3, 0.4) is 0 Å². The second-order valence-electron chi connectivity index (χ2n) is 7.77. The number of aromatic nitrogens is 2. The zero-order chi connectivity index (χ0) is 23.0. The van der Waals surface area contributed by atoms with E-state index in [0.717, 1.165) is 25.9 Å². The summed E-state index contributed by atoms with van der Waals surface area (Å²) in [4.78, 5) is 20.0. The molecule has 0 radical (unpaired) electrons. The van der Waals surface area contributed by atoms with Gasteiger partial charge < -0.3 is 9.47 Å². The predicted molar refractivity (Wildman–Crippen MR) is 123 cm³/mol. The van der Waals surface area contributed by atoms with Gasteiger partial charge in [-0.1, -0.05) is 0 Å². The average molecular weight is 470 g/mol. The minimum atomic E-state index is -3.86. The number of nitrogens with one attached hydrogen (secondary N) is 1. The Morgan fingerprint density at radius 2 is 1.84 bits per heavy atom. The number of carbonyl (C=O) groups excluding carboxylic acids is 1. The number of thiazole rings is 1. The van der Waals surface area contributed by atoms with Crippen molar-refractivity contribution in [1.82, 2.24) is 14.5 Å². The molecular weight excluding hydrogens is 446 g/mol. The van der Waals surface area contributed by atoms with E-state index in [-0.39, 0.29) is 10.8 Å². The monoisotopic (exact) mass is 469 g/mol. The van der Waals surface area contributed by atoms with Gasteiger partial charge in [0.15, 0.2) is 0 Å². The molecule has 1 saturated heterocycles. The van der Waals surface area contributed by atoms with E-state index in [1.165, 1.54) is 11.3 Å². The van der Waals surface area contributed by atoms with Gasteiger partial charge in [0.2, 0.25) is 0 Å². The fourth-order valence-corrected chi connectivity index (χ4v) is 6.17. The van der Waals surface area contributed by atoms with Crippen LogP contribution in [0.5, 0.6) is 0 Å². The molecule has 8 nitrogen and oxygen atoms in total. The Morgan fingerprint density at radius 1 is 1.19 bits per heavy atom. The summed E-state index contributed by atoms with van der Waals surface area (Å²) in [5.74, 6) is -0.00925. The molecular formula is C22H23N5O3S2. The van der Waals surface area contributed by atoms with Crippen LogP contribution in [-0.2, 0) is 17.1 Å². The van der Waals surface area contributed by atoms with Gasteiger partial charge >= 0.3 is 0 Å². The summed E-state index contributed by atoms with van der Waals surface area (Å²) in [6.45, 7) is 5.06. The number of nitriles is 1. The number of likely N-dealkylation sites (tertiary alicyclic amines) is 1. The Bertz CT molecular complexity index is 1330. The van der Waals surface area contributed by atoms with Gasteiger partial charge in [0.1, 0.15) is 14.8 Å². The van der Waals surface area contributed by atoms with Gasteiger partial charge in [0.05, 0.1) is 23.0 Å². The first kappa shape index (κ1) is 22.0. The molecule has 0 saturated carbocycles. The van der Waals surface area contributed by atoms with E-state index >= 15 is 0 Å². The second-order valence-corrected chi connectivity index (χ2v) is 10.4. The Morgan fingerprint density at radius 3 is 2.47 bits per heavy atom. The first-order chi connectivity index (χ1) is 15.2. The van der Waals surface area contributed by atoms with Crippen LogP contribution in [0.15, 0.2) is 35.2 Å². The van der Waals surface area contributed by atoms with Crippen molar-refractivity contribution in [3.05, 3.63) is 52.2 Å². The fourth-order valence-electron chi connectivity index (χ4n) is 3.74. The van der Waals surface area contributed by atoms with Crippen molar-refractivity contribution in [2.75, 3.05) is 17.8 Å². The maximum Gasteiger partial charge on any atom is 0.265 e. The molecule has 0 unspecified atom stereocenters. The molecule has 4 rings (SSSR count). The third kappa shape index (κ3) is 4.01. The van der Waals surface area contributed by atoms with Crippen LogP contribution in [-0.4, -0.2) is 41.9 Å². The van der Waals surface area contributed by atoms with Gasteiger partial charge in [-0.3, -0.25) is 9.52 Å². The summed E-state index contributed by atoms with van der Waals surface area (Å²) in [7, 11) is -2.08. The number of carbonyl (C=O) groups is 1. The number of sulfonamides is 1. The second kappa shape index (κ2) is 8.41. The zero-order valence-electron chi connectivity index (χ0n) is 18.0. The Kier molecular flexibility index (Phi) is 5.79. The van der Waals surface area contributed by atoms with E-state index < -0.39 is 10.0 Å². The standard InChI is InChI=1S/C22H23N5O3S2/c1-14-20(22(28)27-10-4-5-11-27)31-21(24-14)18-12-19(15(2)26(18)3)32(29,30)25-17-8-6-16(13-23)7-9-17/h6-9,12,25H,4-5,10-11H2,1-3H3. The van der Waals surface area contributed by atoms with Gasteiger partial charge in [-0.15, -0.1) is 11.3 Å². The topological polar surface area (TPSA) is 108 Å². The lowest BCUT2D eigenvalue weighted by atomic mass is 10.2. The van der Waals surface area contributed by atoms with Gasteiger partial charge in [0, 0.05) is 31.5 Å². The summed E-state index contributed by atoms with van der Waals surface area (Å²) in [5.41, 5.74) is 2.67. The molecule has 1 aromatic carbocycles. The number of anilines is 1. The molecule has 10 heteroatoms. The lowest BCUT2D eigenvalue weighted by Crippen LogP contribution is -2.27. The molecule has 0 atom stereocenters. The maximum atomic E-state index is 13.1. The fraction of sp³-hybridized carbons (Fsp3) is 0.318. The summed E-state index contributed by atoms with van der Waals surface area (Å²) < 4.78 is 30.5. The van der Waals surface area contributed by atoms with Crippen LogP contribution in [0, 0.1) is 25.2 Å². The average Bonchev–Trinajstić information content (AvgIpc) is 3.49. The summed E-state index contributed by atoms with van der Waals surface area (Å²) in [6, 6.07) is 9.80. The smallest absolute Gasteiger partial charge is 0.265 e. The summed E-state index contributed by atoms with van der Waals surface area (Å²) in [6.07, 6.45) is 2.03. The van der Waals surface area contributed by atoms with Crippen LogP contribution in [0.2, 0.25) is 0 Å². The first-order valence-corrected chi connectivity index (χ1v) is 12.5. The number of hydrogen-bond donors (Lipinski definition) is 1. The number of hydrogen-bond acceptors (Lipinski definition) is 6. The number of nitrogens with zero attached hydrogens (tertiary/aromatic N) is 4. The minimum Gasteiger partial charge on any atom is -0.345 e. The third-order valence-electron chi connectivity index (χ3n) is 5.65. The molecule has 1 aliphatic rings. The van der Waals surface area contributed by atoms with Crippen molar-refractivity contribution < 1.29 is 13.2 Å². The molecule has 2 aromatic heterocycles. The number of benzene rings is 1. The van der Waals surface area contributed by atoms with Crippen LogP contribution >= 0.6 is 11.3 Å². The van der Waals surface area contributed by atoms with Crippen molar-refractivity contribution in [3.8, 4) is 16.8 Å². The normalized spacial score (nSPS) is 13.9. The predicted octanol–water partition coefficient (Wildman–Crippen LogP) is 3.67. The highest BCUT2D eigenvalue weighted by atomic mass is 32.2. The Hall–Kier alpha value is -3.16. The molecule has 0 spiro atoms. The molecule has 0 bridgehead atoms. The molecule has 32 heavy (non-hydrogen) atoms. The quantitative estimate of drug-likeness (QED) is 0.613.